The second-order valence-electron chi connectivity index (χ2n) is 9.08. The highest BCUT2D eigenvalue weighted by molar-refractivity contribution is 6.74. The van der Waals surface area contributed by atoms with Gasteiger partial charge >= 0.3 is 0 Å². The van der Waals surface area contributed by atoms with Crippen molar-refractivity contribution in [2.45, 2.75) is 69.9 Å². The van der Waals surface area contributed by atoms with Crippen LogP contribution in [-0.2, 0) is 13.9 Å². The Morgan fingerprint density at radius 3 is 2.55 bits per heavy atom. The Morgan fingerprint density at radius 2 is 1.95 bits per heavy atom. The molecule has 0 bridgehead atoms. The summed E-state index contributed by atoms with van der Waals surface area (Å²) < 4.78 is 18.6. The fraction of sp³-hybridized carbons (Fsp3) is 0.889. The summed E-state index contributed by atoms with van der Waals surface area (Å²) in [5.41, 5.74) is 1.27. The van der Waals surface area contributed by atoms with E-state index in [9.17, 15) is 0 Å². The molecule has 0 amide bonds. The van der Waals surface area contributed by atoms with Crippen LogP contribution in [-0.4, -0.2) is 39.8 Å². The molecule has 3 fully saturated rings. The van der Waals surface area contributed by atoms with E-state index in [0.29, 0.717) is 11.8 Å². The fourth-order valence-electron chi connectivity index (χ4n) is 4.16. The SMILES string of the molecule is C=C1C[C@H]2CC3(COCCO3)C[C@H]2[C@@H]1O[Si](C)(C)C(C)(C)C. The van der Waals surface area contributed by atoms with Gasteiger partial charge in [-0.15, -0.1) is 0 Å². The molecule has 1 unspecified atom stereocenters. The maximum Gasteiger partial charge on any atom is 0.192 e. The molecule has 0 aromatic rings. The second-order valence-corrected chi connectivity index (χ2v) is 13.8. The van der Waals surface area contributed by atoms with Gasteiger partial charge in [0, 0.05) is 0 Å². The molecule has 22 heavy (non-hydrogen) atoms. The standard InChI is InChI=1S/C18H32O3Si/c1-13-9-14-10-18(12-19-7-8-20-18)11-15(14)16(13)21-22(5,6)17(2,3)4/h14-16H,1,7-12H2,2-6H3/t14-,15+,16+,18?/m0/s1. The molecule has 1 heterocycles. The first-order valence-corrected chi connectivity index (χ1v) is 11.6. The predicted molar refractivity (Wildman–Crippen MR) is 91.5 cm³/mol. The Bertz CT molecular complexity index is 446. The third-order valence-corrected chi connectivity index (χ3v) is 10.8. The summed E-state index contributed by atoms with van der Waals surface area (Å²) in [5, 5.41) is 0.242. The van der Waals surface area contributed by atoms with Crippen LogP contribution in [0.3, 0.4) is 0 Å². The van der Waals surface area contributed by atoms with Gasteiger partial charge in [-0.2, -0.15) is 0 Å². The third-order valence-electron chi connectivity index (χ3n) is 6.39. The van der Waals surface area contributed by atoms with Crippen molar-refractivity contribution in [3.05, 3.63) is 12.2 Å². The molecule has 0 aromatic heterocycles. The molecule has 126 valence electrons. The molecule has 3 rings (SSSR count). The van der Waals surface area contributed by atoms with E-state index < -0.39 is 8.32 Å². The molecule has 0 N–H and O–H groups in total. The molecular formula is C18H32O3Si. The highest BCUT2D eigenvalue weighted by atomic mass is 28.4. The van der Waals surface area contributed by atoms with Gasteiger partial charge in [0.2, 0.25) is 0 Å². The molecule has 1 aliphatic heterocycles. The number of fused-ring (bicyclic) bond motifs is 1. The molecular weight excluding hydrogens is 292 g/mol. The van der Waals surface area contributed by atoms with Gasteiger partial charge < -0.3 is 13.9 Å². The largest absolute Gasteiger partial charge is 0.410 e. The van der Waals surface area contributed by atoms with Crippen LogP contribution in [0.5, 0.6) is 0 Å². The summed E-state index contributed by atoms with van der Waals surface area (Å²) in [6, 6.07) is 0. The molecule has 3 aliphatic rings. The summed E-state index contributed by atoms with van der Waals surface area (Å²) in [6.07, 6.45) is 3.54. The summed E-state index contributed by atoms with van der Waals surface area (Å²) >= 11 is 0. The van der Waals surface area contributed by atoms with E-state index in [0.717, 1.165) is 39.1 Å². The quantitative estimate of drug-likeness (QED) is 0.564. The van der Waals surface area contributed by atoms with Crippen LogP contribution in [0.4, 0.5) is 0 Å². The van der Waals surface area contributed by atoms with Crippen molar-refractivity contribution in [2.24, 2.45) is 11.8 Å². The lowest BCUT2D eigenvalue weighted by Gasteiger charge is -2.41. The average Bonchev–Trinajstić information content (AvgIpc) is 2.85. The molecule has 4 atom stereocenters. The molecule has 1 saturated heterocycles. The maximum absolute atomic E-state index is 6.77. The molecule has 0 radical (unpaired) electrons. The summed E-state index contributed by atoms with van der Waals surface area (Å²) in [5.74, 6) is 1.24. The number of rotatable bonds is 2. The van der Waals surface area contributed by atoms with E-state index in [2.05, 4.69) is 40.4 Å². The Balaban J connectivity index is 1.74. The fourth-order valence-corrected chi connectivity index (χ4v) is 5.49. The van der Waals surface area contributed by atoms with E-state index >= 15 is 0 Å². The van der Waals surface area contributed by atoms with Gasteiger partial charge in [0.05, 0.1) is 31.5 Å². The molecule has 3 nitrogen and oxygen atoms in total. The van der Waals surface area contributed by atoms with Gasteiger partial charge in [0.15, 0.2) is 8.32 Å². The highest BCUT2D eigenvalue weighted by Crippen LogP contribution is 2.54. The highest BCUT2D eigenvalue weighted by Gasteiger charge is 2.55. The molecule has 1 spiro atoms. The van der Waals surface area contributed by atoms with Crippen molar-refractivity contribution in [1.29, 1.82) is 0 Å². The lowest BCUT2D eigenvalue weighted by molar-refractivity contribution is -0.157. The minimum Gasteiger partial charge on any atom is -0.410 e. The Morgan fingerprint density at radius 1 is 1.23 bits per heavy atom. The van der Waals surface area contributed by atoms with E-state index in [-0.39, 0.29) is 16.7 Å². The van der Waals surface area contributed by atoms with E-state index in [1.807, 2.05) is 0 Å². The Kier molecular flexibility index (Phi) is 4.12. The van der Waals surface area contributed by atoms with Gasteiger partial charge in [-0.25, -0.2) is 0 Å². The van der Waals surface area contributed by atoms with E-state index in [1.165, 1.54) is 5.57 Å². The van der Waals surface area contributed by atoms with Crippen LogP contribution < -0.4 is 0 Å². The smallest absolute Gasteiger partial charge is 0.192 e. The van der Waals surface area contributed by atoms with Gasteiger partial charge in [-0.3, -0.25) is 0 Å². The van der Waals surface area contributed by atoms with Crippen molar-refractivity contribution < 1.29 is 13.9 Å². The maximum atomic E-state index is 6.77. The zero-order valence-corrected chi connectivity index (χ0v) is 15.9. The van der Waals surface area contributed by atoms with Gasteiger partial charge in [0.1, 0.15) is 0 Å². The summed E-state index contributed by atoms with van der Waals surface area (Å²) in [7, 11) is -1.77. The van der Waals surface area contributed by atoms with Crippen molar-refractivity contribution in [3.63, 3.8) is 0 Å². The monoisotopic (exact) mass is 324 g/mol. The second kappa shape index (κ2) is 5.44. The van der Waals surface area contributed by atoms with Crippen LogP contribution >= 0.6 is 0 Å². The van der Waals surface area contributed by atoms with Crippen LogP contribution in [0.25, 0.3) is 0 Å². The zero-order chi connectivity index (χ0) is 16.2. The molecule has 2 aliphatic carbocycles. The number of hydrogen-bond donors (Lipinski definition) is 0. The van der Waals surface area contributed by atoms with Gasteiger partial charge in [-0.1, -0.05) is 27.4 Å². The van der Waals surface area contributed by atoms with E-state index in [4.69, 9.17) is 13.9 Å². The molecule has 2 saturated carbocycles. The van der Waals surface area contributed by atoms with Crippen molar-refractivity contribution in [3.8, 4) is 0 Å². The van der Waals surface area contributed by atoms with Gasteiger partial charge in [-0.05, 0) is 54.8 Å². The first kappa shape index (κ1) is 16.7. The topological polar surface area (TPSA) is 27.7 Å². The Labute approximate surface area is 136 Å². The van der Waals surface area contributed by atoms with Gasteiger partial charge in [0.25, 0.3) is 0 Å². The molecule has 4 heteroatoms. The van der Waals surface area contributed by atoms with Crippen molar-refractivity contribution in [2.75, 3.05) is 19.8 Å². The first-order chi connectivity index (χ1) is 10.1. The summed E-state index contributed by atoms with van der Waals surface area (Å²) in [4.78, 5) is 0. The number of ether oxygens (including phenoxy) is 2. The minimum atomic E-state index is -1.77. The van der Waals surface area contributed by atoms with Crippen LogP contribution in [0.15, 0.2) is 12.2 Å². The minimum absolute atomic E-state index is 0.0384. The normalized spacial score (nSPS) is 39.5. The van der Waals surface area contributed by atoms with Crippen LogP contribution in [0.1, 0.15) is 40.0 Å². The number of hydrogen-bond acceptors (Lipinski definition) is 3. The van der Waals surface area contributed by atoms with Crippen LogP contribution in [0, 0.1) is 11.8 Å². The van der Waals surface area contributed by atoms with E-state index in [1.54, 1.807) is 0 Å². The Hall–Kier alpha value is -0.163. The summed E-state index contributed by atoms with van der Waals surface area (Å²) in [6.45, 7) is 18.2. The first-order valence-electron chi connectivity index (χ1n) is 8.71. The van der Waals surface area contributed by atoms with Crippen LogP contribution in [0.2, 0.25) is 18.1 Å². The zero-order valence-electron chi connectivity index (χ0n) is 14.9. The third kappa shape index (κ3) is 2.83. The average molecular weight is 325 g/mol. The molecule has 0 aromatic carbocycles. The predicted octanol–water partition coefficient (Wildman–Crippen LogP) is 4.15. The lowest BCUT2D eigenvalue weighted by atomic mass is 9.96. The lowest BCUT2D eigenvalue weighted by Crippen LogP contribution is -2.46. The van der Waals surface area contributed by atoms with Crippen molar-refractivity contribution >= 4 is 8.32 Å². The van der Waals surface area contributed by atoms with Crippen molar-refractivity contribution in [1.82, 2.24) is 0 Å².